The van der Waals surface area contributed by atoms with Crippen LogP contribution < -0.4 is 0 Å². The van der Waals surface area contributed by atoms with Crippen molar-refractivity contribution in [2.45, 2.75) is 0 Å². The molecule has 5 heteroatoms. The van der Waals surface area contributed by atoms with Gasteiger partial charge >= 0.3 is 0 Å². The maximum absolute atomic E-state index is 13.1. The number of aromatic amines is 1. The lowest BCUT2D eigenvalue weighted by Crippen LogP contribution is -1.86. The monoisotopic (exact) mass is 231 g/mol. The highest BCUT2D eigenvalue weighted by Gasteiger charge is 2.08. The lowest BCUT2D eigenvalue weighted by molar-refractivity contribution is 0.509. The van der Waals surface area contributed by atoms with Crippen molar-refractivity contribution in [1.82, 2.24) is 15.0 Å². The van der Waals surface area contributed by atoms with E-state index in [9.17, 15) is 8.78 Å². The second-order valence-corrected chi connectivity index (χ2v) is 3.59. The summed E-state index contributed by atoms with van der Waals surface area (Å²) in [5.74, 6) is -1.29. The molecule has 0 aliphatic carbocycles. The number of nitrogens with zero attached hydrogens (tertiary/aromatic N) is 2. The zero-order chi connectivity index (χ0) is 11.8. The first-order chi connectivity index (χ1) is 8.24. The molecule has 2 heterocycles. The van der Waals surface area contributed by atoms with Gasteiger partial charge < -0.3 is 4.98 Å². The van der Waals surface area contributed by atoms with Crippen LogP contribution in [0.15, 0.2) is 36.5 Å². The Morgan fingerprint density at radius 1 is 1.06 bits per heavy atom. The third kappa shape index (κ3) is 1.65. The van der Waals surface area contributed by atoms with Crippen LogP contribution in [0, 0.1) is 11.6 Å². The molecule has 0 fully saturated rings. The normalized spacial score (nSPS) is 10.9. The van der Waals surface area contributed by atoms with Crippen molar-refractivity contribution >= 4 is 11.2 Å². The van der Waals surface area contributed by atoms with E-state index in [1.807, 2.05) is 6.07 Å². The quantitative estimate of drug-likeness (QED) is 0.699. The van der Waals surface area contributed by atoms with Crippen molar-refractivity contribution in [3.8, 4) is 11.4 Å². The second-order valence-electron chi connectivity index (χ2n) is 3.59. The minimum absolute atomic E-state index is 0.470. The number of benzene rings is 1. The number of fused-ring (bicyclic) bond motifs is 1. The minimum Gasteiger partial charge on any atom is -0.337 e. The number of imidazole rings is 1. The second kappa shape index (κ2) is 3.62. The molecule has 0 saturated carbocycles. The Morgan fingerprint density at radius 3 is 2.71 bits per heavy atom. The van der Waals surface area contributed by atoms with Crippen LogP contribution in [0.3, 0.4) is 0 Å². The Bertz CT molecular complexity index is 658. The molecule has 3 rings (SSSR count). The Kier molecular flexibility index (Phi) is 2.11. The van der Waals surface area contributed by atoms with E-state index in [2.05, 4.69) is 15.0 Å². The van der Waals surface area contributed by atoms with Gasteiger partial charge in [0.25, 0.3) is 0 Å². The van der Waals surface area contributed by atoms with Gasteiger partial charge in [0, 0.05) is 11.8 Å². The molecule has 1 aromatic carbocycles. The van der Waals surface area contributed by atoms with Gasteiger partial charge in [0.15, 0.2) is 17.3 Å². The van der Waals surface area contributed by atoms with Crippen molar-refractivity contribution in [3.05, 3.63) is 48.2 Å². The van der Waals surface area contributed by atoms with Crippen LogP contribution >= 0.6 is 0 Å². The average molecular weight is 231 g/mol. The fourth-order valence-corrected chi connectivity index (χ4v) is 1.63. The summed E-state index contributed by atoms with van der Waals surface area (Å²) in [6.45, 7) is 0. The smallest absolute Gasteiger partial charge is 0.178 e. The van der Waals surface area contributed by atoms with E-state index < -0.39 is 11.6 Å². The lowest BCUT2D eigenvalue weighted by Gasteiger charge is -1.97. The summed E-state index contributed by atoms with van der Waals surface area (Å²) in [6.07, 6.45) is 1.62. The molecule has 3 nitrogen and oxygen atoms in total. The molecular formula is C12H7F2N3. The SMILES string of the molecule is Fc1ccc(-c2nc3ncccc3[nH]2)cc1F. The number of aromatic nitrogens is 3. The first-order valence-electron chi connectivity index (χ1n) is 5.00. The number of nitrogens with one attached hydrogen (secondary N) is 1. The first-order valence-corrected chi connectivity index (χ1v) is 5.00. The van der Waals surface area contributed by atoms with Crippen LogP contribution in [-0.2, 0) is 0 Å². The lowest BCUT2D eigenvalue weighted by atomic mass is 10.2. The summed E-state index contributed by atoms with van der Waals surface area (Å²) in [7, 11) is 0. The number of H-pyrrole nitrogens is 1. The molecule has 1 N–H and O–H groups in total. The Hall–Kier alpha value is -2.30. The van der Waals surface area contributed by atoms with Crippen molar-refractivity contribution < 1.29 is 8.78 Å². The molecule has 0 aliphatic heterocycles. The van der Waals surface area contributed by atoms with Gasteiger partial charge in [0.1, 0.15) is 5.82 Å². The largest absolute Gasteiger partial charge is 0.337 e. The summed E-state index contributed by atoms with van der Waals surface area (Å²) in [6, 6.07) is 7.24. The van der Waals surface area contributed by atoms with Crippen LogP contribution in [0.1, 0.15) is 0 Å². The van der Waals surface area contributed by atoms with Crippen molar-refractivity contribution in [2.75, 3.05) is 0 Å². The summed E-state index contributed by atoms with van der Waals surface area (Å²) in [5, 5.41) is 0. The predicted octanol–water partition coefficient (Wildman–Crippen LogP) is 2.90. The van der Waals surface area contributed by atoms with Gasteiger partial charge in [-0.05, 0) is 30.3 Å². The molecule has 2 aromatic heterocycles. The van der Waals surface area contributed by atoms with E-state index in [1.165, 1.54) is 6.07 Å². The zero-order valence-corrected chi connectivity index (χ0v) is 8.61. The van der Waals surface area contributed by atoms with Gasteiger partial charge in [-0.3, -0.25) is 0 Å². The highest BCUT2D eigenvalue weighted by Crippen LogP contribution is 2.20. The molecule has 0 radical (unpaired) electrons. The van der Waals surface area contributed by atoms with Crippen LogP contribution in [0.4, 0.5) is 8.78 Å². The molecule has 84 valence electrons. The van der Waals surface area contributed by atoms with Crippen LogP contribution in [0.2, 0.25) is 0 Å². The molecule has 0 spiro atoms. The van der Waals surface area contributed by atoms with Crippen LogP contribution in [0.5, 0.6) is 0 Å². The third-order valence-corrected chi connectivity index (χ3v) is 2.45. The number of hydrogen-bond acceptors (Lipinski definition) is 2. The summed E-state index contributed by atoms with van der Waals surface area (Å²) >= 11 is 0. The topological polar surface area (TPSA) is 41.6 Å². The fraction of sp³-hybridized carbons (Fsp3) is 0. The highest BCUT2D eigenvalue weighted by atomic mass is 19.2. The molecular weight excluding hydrogens is 224 g/mol. The van der Waals surface area contributed by atoms with E-state index in [-0.39, 0.29) is 0 Å². The van der Waals surface area contributed by atoms with Gasteiger partial charge in [0.05, 0.1) is 5.52 Å². The molecule has 0 unspecified atom stereocenters. The maximum Gasteiger partial charge on any atom is 0.178 e. The number of halogens is 2. The highest BCUT2D eigenvalue weighted by molar-refractivity contribution is 5.75. The summed E-state index contributed by atoms with van der Waals surface area (Å²) in [4.78, 5) is 11.3. The molecule has 0 atom stereocenters. The van der Waals surface area contributed by atoms with Gasteiger partial charge in [-0.2, -0.15) is 0 Å². The van der Waals surface area contributed by atoms with Gasteiger partial charge in [-0.15, -0.1) is 0 Å². The number of pyridine rings is 1. The summed E-state index contributed by atoms with van der Waals surface area (Å²) < 4.78 is 25.9. The molecule has 0 aliphatic rings. The average Bonchev–Trinajstić information content (AvgIpc) is 2.76. The fourth-order valence-electron chi connectivity index (χ4n) is 1.63. The number of rotatable bonds is 1. The molecule has 0 bridgehead atoms. The summed E-state index contributed by atoms with van der Waals surface area (Å²) in [5.41, 5.74) is 1.79. The van der Waals surface area contributed by atoms with Gasteiger partial charge in [-0.1, -0.05) is 0 Å². The van der Waals surface area contributed by atoms with E-state index in [0.717, 1.165) is 17.6 Å². The first kappa shape index (κ1) is 9.89. The maximum atomic E-state index is 13.1. The van der Waals surface area contributed by atoms with Crippen LogP contribution in [0.25, 0.3) is 22.6 Å². The van der Waals surface area contributed by atoms with Crippen LogP contribution in [-0.4, -0.2) is 15.0 Å². The molecule has 3 aromatic rings. The van der Waals surface area contributed by atoms with E-state index in [1.54, 1.807) is 12.3 Å². The Morgan fingerprint density at radius 2 is 1.94 bits per heavy atom. The van der Waals surface area contributed by atoms with E-state index >= 15 is 0 Å². The van der Waals surface area contributed by atoms with Crippen molar-refractivity contribution in [2.24, 2.45) is 0 Å². The minimum atomic E-state index is -0.893. The van der Waals surface area contributed by atoms with Crippen molar-refractivity contribution in [3.63, 3.8) is 0 Å². The predicted molar refractivity (Wildman–Crippen MR) is 59.2 cm³/mol. The zero-order valence-electron chi connectivity index (χ0n) is 8.61. The van der Waals surface area contributed by atoms with Crippen molar-refractivity contribution in [1.29, 1.82) is 0 Å². The number of hydrogen-bond donors (Lipinski definition) is 1. The molecule has 17 heavy (non-hydrogen) atoms. The van der Waals surface area contributed by atoms with E-state index in [0.29, 0.717) is 17.0 Å². The Balaban J connectivity index is 2.17. The molecule has 0 amide bonds. The standard InChI is InChI=1S/C12H7F2N3/c13-8-4-3-7(6-9(8)14)11-16-10-2-1-5-15-12(10)17-11/h1-6H,(H,15,16,17). The van der Waals surface area contributed by atoms with Gasteiger partial charge in [0.2, 0.25) is 0 Å². The molecule has 0 saturated heterocycles. The third-order valence-electron chi connectivity index (χ3n) is 2.45. The Labute approximate surface area is 95.1 Å². The van der Waals surface area contributed by atoms with Gasteiger partial charge in [-0.25, -0.2) is 18.7 Å². The van der Waals surface area contributed by atoms with E-state index in [4.69, 9.17) is 0 Å².